The first-order chi connectivity index (χ1) is 16.1. The van der Waals surface area contributed by atoms with Gasteiger partial charge in [0.05, 0.1) is 40.5 Å². The van der Waals surface area contributed by atoms with Crippen LogP contribution < -0.4 is 22.0 Å². The predicted molar refractivity (Wildman–Crippen MR) is 120 cm³/mol. The summed E-state index contributed by atoms with van der Waals surface area (Å²) in [5, 5.41) is 16.7. The third-order valence-electron chi connectivity index (χ3n) is 6.37. The molecule has 3 atom stereocenters. The van der Waals surface area contributed by atoms with Crippen LogP contribution in [0.1, 0.15) is 36.5 Å². The van der Waals surface area contributed by atoms with E-state index in [2.05, 4.69) is 26.2 Å². The lowest BCUT2D eigenvalue weighted by molar-refractivity contribution is -0.137. The highest BCUT2D eigenvalue weighted by atomic mass is 19.4. The fourth-order valence-corrected chi connectivity index (χ4v) is 4.80. The van der Waals surface area contributed by atoms with Crippen molar-refractivity contribution in [3.8, 4) is 0 Å². The largest absolute Gasteiger partial charge is 0.416 e. The Morgan fingerprint density at radius 3 is 2.56 bits per heavy atom. The molecule has 6 N–H and O–H groups in total. The van der Waals surface area contributed by atoms with Crippen LogP contribution in [0, 0.1) is 0 Å². The number of benzene rings is 2. The molecule has 2 aromatic carbocycles. The molecule has 3 heterocycles. The smallest absolute Gasteiger partial charge is 0.385 e. The summed E-state index contributed by atoms with van der Waals surface area (Å²) in [5.41, 5.74) is 7.66. The molecule has 1 aromatic heterocycles. The molecular formula is C23H25F3N6O2. The van der Waals surface area contributed by atoms with Crippen molar-refractivity contribution in [1.29, 1.82) is 0 Å². The lowest BCUT2D eigenvalue weighted by Crippen LogP contribution is -2.53. The SMILES string of the molecule is C[C@H]1CC(O)(c2ccc(C(F)(F)F)cc2)C[C@@H](C2=CN(Cc3ccc4[nH]c(=O)[nH]c4c3)NN2)N1. The number of aliphatic hydroxyl groups is 1. The first kappa shape index (κ1) is 22.5. The Morgan fingerprint density at radius 1 is 1.09 bits per heavy atom. The van der Waals surface area contributed by atoms with E-state index in [-0.39, 0.29) is 17.8 Å². The molecule has 5 rings (SSSR count). The van der Waals surface area contributed by atoms with Gasteiger partial charge in [-0.25, -0.2) is 4.79 Å². The van der Waals surface area contributed by atoms with Crippen molar-refractivity contribution in [2.24, 2.45) is 0 Å². The molecule has 0 amide bonds. The average Bonchev–Trinajstić information content (AvgIpc) is 3.38. The van der Waals surface area contributed by atoms with E-state index in [1.807, 2.05) is 36.3 Å². The molecule has 1 unspecified atom stereocenters. The molecule has 34 heavy (non-hydrogen) atoms. The number of aromatic amines is 2. The molecular weight excluding hydrogens is 449 g/mol. The minimum absolute atomic E-state index is 0.0596. The monoisotopic (exact) mass is 474 g/mol. The normalized spacial score (nSPS) is 25.4. The maximum atomic E-state index is 12.9. The third-order valence-corrected chi connectivity index (χ3v) is 6.37. The first-order valence-electron chi connectivity index (χ1n) is 11.0. The van der Waals surface area contributed by atoms with Crippen molar-refractivity contribution in [1.82, 2.24) is 31.3 Å². The molecule has 0 spiro atoms. The van der Waals surface area contributed by atoms with Gasteiger partial charge in [-0.2, -0.15) is 13.2 Å². The average molecular weight is 474 g/mol. The zero-order chi connectivity index (χ0) is 24.1. The number of hydrogen-bond donors (Lipinski definition) is 6. The molecule has 180 valence electrons. The molecule has 1 saturated heterocycles. The Balaban J connectivity index is 1.31. The summed E-state index contributed by atoms with van der Waals surface area (Å²) in [6.07, 6.45) is -1.84. The Labute approximate surface area is 192 Å². The predicted octanol–water partition coefficient (Wildman–Crippen LogP) is 2.57. The number of hydrogen-bond acceptors (Lipinski definition) is 6. The summed E-state index contributed by atoms with van der Waals surface area (Å²) in [6, 6.07) is 10.1. The van der Waals surface area contributed by atoms with Crippen molar-refractivity contribution in [2.75, 3.05) is 0 Å². The first-order valence-corrected chi connectivity index (χ1v) is 11.0. The lowest BCUT2D eigenvalue weighted by Gasteiger charge is -2.41. The molecule has 1 fully saturated rings. The van der Waals surface area contributed by atoms with Gasteiger partial charge in [-0.05, 0) is 48.7 Å². The molecule has 0 bridgehead atoms. The molecule has 0 radical (unpaired) electrons. The summed E-state index contributed by atoms with van der Waals surface area (Å²) in [4.78, 5) is 16.9. The van der Waals surface area contributed by atoms with Gasteiger partial charge in [0.25, 0.3) is 0 Å². The Kier molecular flexibility index (Phi) is 5.42. The van der Waals surface area contributed by atoms with E-state index in [0.717, 1.165) is 34.4 Å². The maximum Gasteiger partial charge on any atom is 0.416 e. The van der Waals surface area contributed by atoms with Crippen LogP contribution in [0.5, 0.6) is 0 Å². The topological polar surface area (TPSA) is 108 Å². The van der Waals surface area contributed by atoms with Crippen LogP contribution in [0.25, 0.3) is 11.0 Å². The van der Waals surface area contributed by atoms with Crippen LogP contribution in [0.15, 0.2) is 59.2 Å². The summed E-state index contributed by atoms with van der Waals surface area (Å²) in [7, 11) is 0. The highest BCUT2D eigenvalue weighted by Gasteiger charge is 2.41. The maximum absolute atomic E-state index is 12.9. The number of imidazole rings is 1. The molecule has 0 saturated carbocycles. The number of alkyl halides is 3. The molecule has 11 heteroatoms. The van der Waals surface area contributed by atoms with E-state index in [9.17, 15) is 23.1 Å². The number of H-pyrrole nitrogens is 2. The van der Waals surface area contributed by atoms with Crippen molar-refractivity contribution in [3.05, 3.63) is 81.5 Å². The second-order valence-electron chi connectivity index (χ2n) is 9.04. The second kappa shape index (κ2) is 8.19. The van der Waals surface area contributed by atoms with E-state index >= 15 is 0 Å². The quantitative estimate of drug-likeness (QED) is 0.347. The number of aromatic nitrogens is 2. The van der Waals surface area contributed by atoms with E-state index in [1.165, 1.54) is 12.1 Å². The number of rotatable bonds is 4. The lowest BCUT2D eigenvalue weighted by atomic mass is 9.78. The van der Waals surface area contributed by atoms with E-state index in [4.69, 9.17) is 0 Å². The van der Waals surface area contributed by atoms with Gasteiger partial charge in [0.1, 0.15) is 0 Å². The molecule has 0 aliphatic carbocycles. The van der Waals surface area contributed by atoms with Gasteiger partial charge in [0.2, 0.25) is 0 Å². The van der Waals surface area contributed by atoms with Gasteiger partial charge in [-0.15, -0.1) is 5.53 Å². The van der Waals surface area contributed by atoms with E-state index in [1.54, 1.807) is 0 Å². The van der Waals surface area contributed by atoms with Gasteiger partial charge in [0, 0.05) is 18.7 Å². The van der Waals surface area contributed by atoms with E-state index in [0.29, 0.717) is 24.9 Å². The molecule has 2 aliphatic rings. The van der Waals surface area contributed by atoms with Crippen LogP contribution in [0.3, 0.4) is 0 Å². The van der Waals surface area contributed by atoms with Crippen LogP contribution in [0.2, 0.25) is 0 Å². The number of halogens is 3. The Bertz CT molecular complexity index is 1280. The zero-order valence-electron chi connectivity index (χ0n) is 18.3. The van der Waals surface area contributed by atoms with Crippen LogP contribution in [-0.4, -0.2) is 32.2 Å². The summed E-state index contributed by atoms with van der Waals surface area (Å²) in [6.45, 7) is 2.46. The standard InChI is InChI=1S/C23H25F3N6O2/c1-13-9-22(34,15-3-5-16(6-4-15)23(24,25)26)10-19(27-13)20-12-32(31-30-20)11-14-2-7-17-18(8-14)29-21(33)28-17/h2-8,12-13,19,27,30-31,34H,9-11H2,1H3,(H2,28,29,33)/t13-,19-,22?/m0/s1. The number of fused-ring (bicyclic) bond motifs is 1. The van der Waals surface area contributed by atoms with Crippen LogP contribution >= 0.6 is 0 Å². The third kappa shape index (κ3) is 4.41. The fourth-order valence-electron chi connectivity index (χ4n) is 4.80. The van der Waals surface area contributed by atoms with Crippen LogP contribution in [0.4, 0.5) is 13.2 Å². The number of nitrogens with zero attached hydrogens (tertiary/aromatic N) is 1. The second-order valence-corrected chi connectivity index (χ2v) is 9.04. The Morgan fingerprint density at radius 2 is 1.82 bits per heavy atom. The van der Waals surface area contributed by atoms with Crippen LogP contribution in [-0.2, 0) is 18.3 Å². The Hall–Kier alpha value is -3.28. The highest BCUT2D eigenvalue weighted by molar-refractivity contribution is 5.75. The summed E-state index contributed by atoms with van der Waals surface area (Å²) >= 11 is 0. The minimum atomic E-state index is -4.42. The van der Waals surface area contributed by atoms with Crippen molar-refractivity contribution >= 4 is 11.0 Å². The minimum Gasteiger partial charge on any atom is -0.385 e. The number of hydrazine groups is 2. The van der Waals surface area contributed by atoms with Crippen molar-refractivity contribution in [2.45, 2.75) is 50.2 Å². The highest BCUT2D eigenvalue weighted by Crippen LogP contribution is 2.38. The fraction of sp³-hybridized carbons (Fsp3) is 0.348. The summed E-state index contributed by atoms with van der Waals surface area (Å²) < 4.78 is 38.8. The van der Waals surface area contributed by atoms with Gasteiger partial charge >= 0.3 is 11.9 Å². The zero-order valence-corrected chi connectivity index (χ0v) is 18.3. The van der Waals surface area contributed by atoms with Gasteiger partial charge in [-0.1, -0.05) is 18.2 Å². The summed E-state index contributed by atoms with van der Waals surface area (Å²) in [5.74, 6) is 0. The van der Waals surface area contributed by atoms with E-state index < -0.39 is 17.3 Å². The van der Waals surface area contributed by atoms with Gasteiger partial charge in [0.15, 0.2) is 0 Å². The molecule has 2 aliphatic heterocycles. The molecule has 8 nitrogen and oxygen atoms in total. The van der Waals surface area contributed by atoms with Crippen molar-refractivity contribution in [3.63, 3.8) is 0 Å². The van der Waals surface area contributed by atoms with Crippen molar-refractivity contribution < 1.29 is 18.3 Å². The number of piperidine rings is 1. The van der Waals surface area contributed by atoms with Gasteiger partial charge < -0.3 is 25.8 Å². The number of nitrogens with one attached hydrogen (secondary N) is 5. The van der Waals surface area contributed by atoms with Gasteiger partial charge in [-0.3, -0.25) is 5.01 Å². The molecule has 3 aromatic rings.